The van der Waals surface area contributed by atoms with Gasteiger partial charge in [-0.3, -0.25) is 0 Å². The molecular weight excluding hydrogens is 246 g/mol. The summed E-state index contributed by atoms with van der Waals surface area (Å²) in [6.45, 7) is -0.933. The Bertz CT molecular complexity index is 371. The number of benzene rings is 1. The van der Waals surface area contributed by atoms with Gasteiger partial charge in [0.2, 0.25) is 0 Å². The van der Waals surface area contributed by atoms with Crippen molar-refractivity contribution in [2.24, 2.45) is 0 Å². The van der Waals surface area contributed by atoms with Crippen LogP contribution in [-0.2, 0) is 4.74 Å². The van der Waals surface area contributed by atoms with Crippen molar-refractivity contribution in [2.75, 3.05) is 27.4 Å². The number of aliphatic hydroxyl groups excluding tert-OH is 1. The summed E-state index contributed by atoms with van der Waals surface area (Å²) < 4.78 is 38.6. The topological polar surface area (TPSA) is 47.9 Å². The second kappa shape index (κ2) is 7.13. The zero-order valence-electron chi connectivity index (χ0n) is 10.2. The third kappa shape index (κ3) is 4.12. The number of hydrogen-bond acceptors (Lipinski definition) is 4. The van der Waals surface area contributed by atoms with Crippen LogP contribution in [0, 0.1) is 0 Å². The number of aliphatic hydroxyl groups is 1. The van der Waals surface area contributed by atoms with Gasteiger partial charge in [-0.2, -0.15) is 0 Å². The summed E-state index contributed by atoms with van der Waals surface area (Å²) in [4.78, 5) is 0. The summed E-state index contributed by atoms with van der Waals surface area (Å²) in [5.41, 5.74) is 0.436. The van der Waals surface area contributed by atoms with Gasteiger partial charge in [-0.1, -0.05) is 0 Å². The standard InChI is InChI=1S/C12H16F2O4/c1-16-8-3-4-11(17-2)9(5-8)10(15)6-18-7-12(13)14/h3-5,10,12,15H,6-7H2,1-2H3. The maximum atomic E-state index is 11.9. The minimum absolute atomic E-state index is 0.228. The third-order valence-electron chi connectivity index (χ3n) is 2.32. The van der Waals surface area contributed by atoms with Crippen LogP contribution in [0.3, 0.4) is 0 Å². The fourth-order valence-corrected chi connectivity index (χ4v) is 1.46. The Morgan fingerprint density at radius 3 is 2.44 bits per heavy atom. The summed E-state index contributed by atoms with van der Waals surface area (Å²) in [5, 5.41) is 9.86. The van der Waals surface area contributed by atoms with Gasteiger partial charge < -0.3 is 19.3 Å². The number of methoxy groups -OCH3 is 2. The summed E-state index contributed by atoms with van der Waals surface area (Å²) in [5.74, 6) is 0.989. The van der Waals surface area contributed by atoms with E-state index in [1.807, 2.05) is 0 Å². The van der Waals surface area contributed by atoms with Crippen LogP contribution in [0.2, 0.25) is 0 Å². The molecule has 0 aromatic heterocycles. The third-order valence-corrected chi connectivity index (χ3v) is 2.32. The molecule has 0 saturated heterocycles. The van der Waals surface area contributed by atoms with Gasteiger partial charge >= 0.3 is 0 Å². The highest BCUT2D eigenvalue weighted by atomic mass is 19.3. The van der Waals surface area contributed by atoms with Gasteiger partial charge in [-0.25, -0.2) is 8.78 Å². The van der Waals surface area contributed by atoms with Crippen molar-refractivity contribution in [2.45, 2.75) is 12.5 Å². The number of halogens is 2. The maximum absolute atomic E-state index is 11.9. The fraction of sp³-hybridized carbons (Fsp3) is 0.500. The van der Waals surface area contributed by atoms with Crippen molar-refractivity contribution in [1.29, 1.82) is 0 Å². The average molecular weight is 262 g/mol. The molecule has 0 aliphatic heterocycles. The van der Waals surface area contributed by atoms with Crippen LogP contribution < -0.4 is 9.47 Å². The van der Waals surface area contributed by atoms with Crippen molar-refractivity contribution >= 4 is 0 Å². The first-order valence-corrected chi connectivity index (χ1v) is 5.34. The summed E-state index contributed by atoms with van der Waals surface area (Å²) in [6, 6.07) is 4.88. The quantitative estimate of drug-likeness (QED) is 0.816. The lowest BCUT2D eigenvalue weighted by atomic mass is 10.1. The van der Waals surface area contributed by atoms with E-state index in [-0.39, 0.29) is 6.61 Å². The summed E-state index contributed by atoms with van der Waals surface area (Å²) in [6.07, 6.45) is -3.60. The molecule has 0 aliphatic carbocycles. The second-order valence-electron chi connectivity index (χ2n) is 3.55. The molecule has 0 saturated carbocycles. The van der Waals surface area contributed by atoms with Crippen molar-refractivity contribution in [3.05, 3.63) is 23.8 Å². The average Bonchev–Trinajstić information content (AvgIpc) is 2.37. The molecule has 0 bridgehead atoms. The minimum atomic E-state index is -2.55. The normalized spacial score (nSPS) is 12.6. The van der Waals surface area contributed by atoms with E-state index in [9.17, 15) is 13.9 Å². The van der Waals surface area contributed by atoms with E-state index in [1.165, 1.54) is 14.2 Å². The highest BCUT2D eigenvalue weighted by molar-refractivity contribution is 5.41. The Morgan fingerprint density at radius 2 is 1.89 bits per heavy atom. The molecule has 1 aromatic carbocycles. The van der Waals surface area contributed by atoms with Crippen molar-refractivity contribution in [1.82, 2.24) is 0 Å². The molecule has 1 aromatic rings. The number of alkyl halides is 2. The molecule has 0 radical (unpaired) electrons. The second-order valence-corrected chi connectivity index (χ2v) is 3.55. The fourth-order valence-electron chi connectivity index (χ4n) is 1.46. The number of ether oxygens (including phenoxy) is 3. The van der Waals surface area contributed by atoms with Gasteiger partial charge in [0, 0.05) is 5.56 Å². The molecule has 0 heterocycles. The maximum Gasteiger partial charge on any atom is 0.261 e. The summed E-state index contributed by atoms with van der Waals surface area (Å²) in [7, 11) is 2.95. The first-order chi connectivity index (χ1) is 8.58. The van der Waals surface area contributed by atoms with E-state index in [4.69, 9.17) is 9.47 Å². The van der Waals surface area contributed by atoms with Crippen molar-refractivity contribution in [3.8, 4) is 11.5 Å². The molecule has 0 spiro atoms. The first-order valence-electron chi connectivity index (χ1n) is 5.34. The zero-order valence-corrected chi connectivity index (χ0v) is 10.2. The van der Waals surface area contributed by atoms with Crippen LogP contribution in [0.4, 0.5) is 8.78 Å². The van der Waals surface area contributed by atoms with E-state index in [0.29, 0.717) is 17.1 Å². The lowest BCUT2D eigenvalue weighted by Gasteiger charge is -2.16. The molecule has 18 heavy (non-hydrogen) atoms. The van der Waals surface area contributed by atoms with Gasteiger partial charge in [-0.15, -0.1) is 0 Å². The van der Waals surface area contributed by atoms with E-state index in [2.05, 4.69) is 4.74 Å². The van der Waals surface area contributed by atoms with Gasteiger partial charge in [0.1, 0.15) is 24.2 Å². The van der Waals surface area contributed by atoms with Crippen molar-refractivity contribution < 1.29 is 28.1 Å². The molecule has 1 rings (SSSR count). The van der Waals surface area contributed by atoms with Crippen LogP contribution in [0.25, 0.3) is 0 Å². The molecule has 0 fully saturated rings. The molecule has 0 amide bonds. The van der Waals surface area contributed by atoms with Crippen LogP contribution >= 0.6 is 0 Å². The number of rotatable bonds is 7. The Kier molecular flexibility index (Phi) is 5.80. The van der Waals surface area contributed by atoms with Gasteiger partial charge in [-0.05, 0) is 18.2 Å². The first kappa shape index (κ1) is 14.7. The van der Waals surface area contributed by atoms with Crippen LogP contribution in [0.5, 0.6) is 11.5 Å². The van der Waals surface area contributed by atoms with E-state index in [1.54, 1.807) is 18.2 Å². The molecule has 102 valence electrons. The highest BCUT2D eigenvalue weighted by Gasteiger charge is 2.15. The van der Waals surface area contributed by atoms with Crippen LogP contribution in [0.15, 0.2) is 18.2 Å². The Balaban J connectivity index is 2.72. The molecule has 4 nitrogen and oxygen atoms in total. The van der Waals surface area contributed by atoms with Crippen LogP contribution in [0.1, 0.15) is 11.7 Å². The Labute approximate surface area is 104 Å². The SMILES string of the molecule is COc1ccc(OC)c(C(O)COCC(F)F)c1. The number of hydrogen-bond donors (Lipinski definition) is 1. The molecule has 6 heteroatoms. The smallest absolute Gasteiger partial charge is 0.261 e. The Morgan fingerprint density at radius 1 is 1.17 bits per heavy atom. The lowest BCUT2D eigenvalue weighted by Crippen LogP contribution is -2.12. The molecule has 1 N–H and O–H groups in total. The minimum Gasteiger partial charge on any atom is -0.497 e. The van der Waals surface area contributed by atoms with E-state index >= 15 is 0 Å². The molecule has 0 aliphatic rings. The largest absolute Gasteiger partial charge is 0.497 e. The van der Waals surface area contributed by atoms with Crippen molar-refractivity contribution in [3.63, 3.8) is 0 Å². The highest BCUT2D eigenvalue weighted by Crippen LogP contribution is 2.29. The molecule has 1 unspecified atom stereocenters. The summed E-state index contributed by atoms with van der Waals surface area (Å²) >= 11 is 0. The predicted octanol–water partition coefficient (Wildman–Crippen LogP) is 2.02. The van der Waals surface area contributed by atoms with Gasteiger partial charge in [0.25, 0.3) is 6.43 Å². The van der Waals surface area contributed by atoms with Gasteiger partial charge in [0.15, 0.2) is 0 Å². The predicted molar refractivity (Wildman–Crippen MR) is 61.3 cm³/mol. The van der Waals surface area contributed by atoms with E-state index in [0.717, 1.165) is 0 Å². The zero-order chi connectivity index (χ0) is 13.5. The lowest BCUT2D eigenvalue weighted by molar-refractivity contribution is -0.0209. The molecular formula is C12H16F2O4. The van der Waals surface area contributed by atoms with Crippen LogP contribution in [-0.4, -0.2) is 39.0 Å². The van der Waals surface area contributed by atoms with Gasteiger partial charge in [0.05, 0.1) is 20.8 Å². The Hall–Kier alpha value is -1.40. The van der Waals surface area contributed by atoms with E-state index < -0.39 is 19.1 Å². The monoisotopic (exact) mass is 262 g/mol. The molecule has 1 atom stereocenters.